The maximum atomic E-state index is 11.6. The molecule has 0 saturated heterocycles. The maximum Gasteiger partial charge on any atom is 0.407 e. The highest BCUT2D eigenvalue weighted by Crippen LogP contribution is 2.60. The second-order valence-electron chi connectivity index (χ2n) is 5.49. The first kappa shape index (κ1) is 11.5. The molecule has 1 aromatic rings. The first-order chi connectivity index (χ1) is 8.68. The van der Waals surface area contributed by atoms with E-state index >= 15 is 0 Å². The normalized spacial score (nSPS) is 32.7. The summed E-state index contributed by atoms with van der Waals surface area (Å²) >= 11 is 0. The molecule has 0 radical (unpaired) electrons. The van der Waals surface area contributed by atoms with Crippen molar-refractivity contribution in [1.29, 1.82) is 0 Å². The number of rotatable bonds is 3. The molecule has 3 N–H and O–H groups in total. The van der Waals surface area contributed by atoms with E-state index in [1.807, 2.05) is 30.3 Å². The molecule has 0 aromatic heterocycles. The summed E-state index contributed by atoms with van der Waals surface area (Å²) in [7, 11) is 0. The molecule has 0 aliphatic heterocycles. The van der Waals surface area contributed by atoms with Crippen molar-refractivity contribution in [2.24, 2.45) is 11.1 Å². The Labute approximate surface area is 107 Å². The van der Waals surface area contributed by atoms with Crippen LogP contribution in [0.2, 0.25) is 0 Å². The molecule has 2 saturated carbocycles. The van der Waals surface area contributed by atoms with Crippen LogP contribution in [-0.2, 0) is 11.3 Å². The van der Waals surface area contributed by atoms with Crippen molar-refractivity contribution >= 4 is 6.09 Å². The third kappa shape index (κ3) is 2.20. The molecule has 3 rings (SSSR count). The Morgan fingerprint density at radius 1 is 1.33 bits per heavy atom. The second kappa shape index (κ2) is 4.28. The minimum absolute atomic E-state index is 0.278. The van der Waals surface area contributed by atoms with Gasteiger partial charge in [0.1, 0.15) is 6.61 Å². The molecule has 2 aliphatic rings. The molecule has 1 aromatic carbocycles. The molecule has 96 valence electrons. The first-order valence-electron chi connectivity index (χ1n) is 6.41. The molecule has 1 spiro atoms. The van der Waals surface area contributed by atoms with E-state index in [9.17, 15) is 4.79 Å². The van der Waals surface area contributed by atoms with Crippen molar-refractivity contribution < 1.29 is 9.53 Å². The topological polar surface area (TPSA) is 64.3 Å². The molecule has 0 heterocycles. The van der Waals surface area contributed by atoms with Crippen molar-refractivity contribution in [1.82, 2.24) is 5.32 Å². The fourth-order valence-electron chi connectivity index (χ4n) is 2.89. The van der Waals surface area contributed by atoms with E-state index in [2.05, 4.69) is 5.32 Å². The monoisotopic (exact) mass is 246 g/mol. The summed E-state index contributed by atoms with van der Waals surface area (Å²) < 4.78 is 5.19. The number of nitrogens with one attached hydrogen (secondary N) is 1. The molecule has 2 fully saturated rings. The molecule has 18 heavy (non-hydrogen) atoms. The van der Waals surface area contributed by atoms with Crippen LogP contribution in [-0.4, -0.2) is 18.2 Å². The van der Waals surface area contributed by atoms with Gasteiger partial charge in [-0.3, -0.25) is 0 Å². The number of amides is 1. The number of alkyl carbamates (subject to hydrolysis) is 1. The highest BCUT2D eigenvalue weighted by Gasteiger charge is 2.61. The molecule has 4 nitrogen and oxygen atoms in total. The Bertz CT molecular complexity index is 440. The van der Waals surface area contributed by atoms with Crippen LogP contribution >= 0.6 is 0 Å². The Hall–Kier alpha value is -1.55. The second-order valence-corrected chi connectivity index (χ2v) is 5.49. The third-order valence-electron chi connectivity index (χ3n) is 4.03. The van der Waals surface area contributed by atoms with Gasteiger partial charge in [-0.25, -0.2) is 4.79 Å². The van der Waals surface area contributed by atoms with Crippen molar-refractivity contribution in [3.63, 3.8) is 0 Å². The van der Waals surface area contributed by atoms with Crippen LogP contribution in [0, 0.1) is 5.41 Å². The van der Waals surface area contributed by atoms with Crippen molar-refractivity contribution in [2.45, 2.75) is 38.0 Å². The van der Waals surface area contributed by atoms with Crippen molar-refractivity contribution in [3.05, 3.63) is 35.9 Å². The Kier molecular flexibility index (Phi) is 2.74. The van der Waals surface area contributed by atoms with E-state index < -0.39 is 0 Å². The summed E-state index contributed by atoms with van der Waals surface area (Å²) in [6.45, 7) is 0.325. The lowest BCUT2D eigenvalue weighted by Gasteiger charge is -2.33. The smallest absolute Gasteiger partial charge is 0.407 e. The fourth-order valence-corrected chi connectivity index (χ4v) is 2.89. The van der Waals surface area contributed by atoms with Crippen LogP contribution in [0.4, 0.5) is 4.79 Å². The van der Waals surface area contributed by atoms with E-state index in [-0.39, 0.29) is 12.1 Å². The average Bonchev–Trinajstić information content (AvgIpc) is 3.01. The molecular weight excluding hydrogens is 228 g/mol. The van der Waals surface area contributed by atoms with E-state index in [1.165, 1.54) is 0 Å². The molecule has 1 amide bonds. The standard InChI is InChI=1S/C14H18N2O2/c15-11-6-14(7-11)8-12(14)16-13(17)18-9-10-4-2-1-3-5-10/h1-5,11-12H,6-9,15H2,(H,16,17)/t11?,12-,14?/m0/s1. The maximum absolute atomic E-state index is 11.6. The summed E-state index contributed by atoms with van der Waals surface area (Å²) in [5.41, 5.74) is 7.09. The van der Waals surface area contributed by atoms with E-state index in [0.717, 1.165) is 24.8 Å². The summed E-state index contributed by atoms with van der Waals surface area (Å²) in [6.07, 6.45) is 2.82. The van der Waals surface area contributed by atoms with Gasteiger partial charge in [0, 0.05) is 12.1 Å². The van der Waals surface area contributed by atoms with Gasteiger partial charge >= 0.3 is 6.09 Å². The number of nitrogens with two attached hydrogens (primary N) is 1. The predicted molar refractivity (Wildman–Crippen MR) is 67.8 cm³/mol. The first-order valence-corrected chi connectivity index (χ1v) is 6.41. The van der Waals surface area contributed by atoms with Gasteiger partial charge in [0.05, 0.1) is 0 Å². The van der Waals surface area contributed by atoms with Gasteiger partial charge in [-0.1, -0.05) is 30.3 Å². The molecule has 0 unspecified atom stereocenters. The third-order valence-corrected chi connectivity index (χ3v) is 4.03. The SMILES string of the molecule is NC1CC2(C1)C[C@@H]2NC(=O)OCc1ccccc1. The summed E-state index contributed by atoms with van der Waals surface area (Å²) in [5, 5.41) is 2.92. The minimum Gasteiger partial charge on any atom is -0.445 e. The lowest BCUT2D eigenvalue weighted by atomic mass is 9.77. The van der Waals surface area contributed by atoms with Crippen LogP contribution in [0.15, 0.2) is 30.3 Å². The van der Waals surface area contributed by atoms with Gasteiger partial charge in [0.25, 0.3) is 0 Å². The predicted octanol–water partition coefficient (Wildman–Crippen LogP) is 1.79. The zero-order valence-corrected chi connectivity index (χ0v) is 10.3. The highest BCUT2D eigenvalue weighted by molar-refractivity contribution is 5.68. The zero-order chi connectivity index (χ0) is 12.6. The largest absolute Gasteiger partial charge is 0.445 e. The van der Waals surface area contributed by atoms with Gasteiger partial charge in [-0.15, -0.1) is 0 Å². The van der Waals surface area contributed by atoms with Gasteiger partial charge in [-0.05, 0) is 30.2 Å². The minimum atomic E-state index is -0.318. The highest BCUT2D eigenvalue weighted by atomic mass is 16.5. The number of ether oxygens (including phenoxy) is 1. The van der Waals surface area contributed by atoms with E-state index in [1.54, 1.807) is 0 Å². The van der Waals surface area contributed by atoms with Crippen LogP contribution < -0.4 is 11.1 Å². The quantitative estimate of drug-likeness (QED) is 0.854. The van der Waals surface area contributed by atoms with Crippen molar-refractivity contribution in [2.75, 3.05) is 0 Å². The van der Waals surface area contributed by atoms with Crippen molar-refractivity contribution in [3.8, 4) is 0 Å². The lowest BCUT2D eigenvalue weighted by Crippen LogP contribution is -2.43. The average molecular weight is 246 g/mol. The Balaban J connectivity index is 1.41. The molecule has 2 aliphatic carbocycles. The number of hydrogen-bond donors (Lipinski definition) is 2. The molecule has 4 heteroatoms. The van der Waals surface area contributed by atoms with Crippen LogP contribution in [0.25, 0.3) is 0 Å². The number of hydrogen-bond acceptors (Lipinski definition) is 3. The van der Waals surface area contributed by atoms with Gasteiger partial charge in [0.2, 0.25) is 0 Å². The Morgan fingerprint density at radius 3 is 2.72 bits per heavy atom. The zero-order valence-electron chi connectivity index (χ0n) is 10.3. The summed E-state index contributed by atoms with van der Waals surface area (Å²) in [4.78, 5) is 11.6. The van der Waals surface area contributed by atoms with E-state index in [0.29, 0.717) is 18.1 Å². The number of carbonyl (C=O) groups is 1. The van der Waals surface area contributed by atoms with Gasteiger partial charge in [-0.2, -0.15) is 0 Å². The van der Waals surface area contributed by atoms with Gasteiger partial charge in [0.15, 0.2) is 0 Å². The fraction of sp³-hybridized carbons (Fsp3) is 0.500. The van der Waals surface area contributed by atoms with E-state index in [4.69, 9.17) is 10.5 Å². The number of carbonyl (C=O) groups excluding carboxylic acids is 1. The lowest BCUT2D eigenvalue weighted by molar-refractivity contribution is 0.133. The molecular formula is C14H18N2O2. The Morgan fingerprint density at radius 2 is 2.06 bits per heavy atom. The summed E-state index contributed by atoms with van der Waals surface area (Å²) in [6, 6.07) is 10.3. The molecule has 0 bridgehead atoms. The summed E-state index contributed by atoms with van der Waals surface area (Å²) in [5.74, 6) is 0. The number of benzene rings is 1. The van der Waals surface area contributed by atoms with Gasteiger partial charge < -0.3 is 15.8 Å². The van der Waals surface area contributed by atoms with Crippen LogP contribution in [0.1, 0.15) is 24.8 Å². The molecule has 1 atom stereocenters. The van der Waals surface area contributed by atoms with Crippen LogP contribution in [0.3, 0.4) is 0 Å². The van der Waals surface area contributed by atoms with Crippen LogP contribution in [0.5, 0.6) is 0 Å².